The molecule has 0 radical (unpaired) electrons. The number of carbonyl (C=O) groups is 2. The van der Waals surface area contributed by atoms with Gasteiger partial charge < -0.3 is 15.7 Å². The molecule has 1 heterocycles. The van der Waals surface area contributed by atoms with E-state index in [2.05, 4.69) is 0 Å². The summed E-state index contributed by atoms with van der Waals surface area (Å²) < 4.78 is 0. The van der Waals surface area contributed by atoms with E-state index in [-0.39, 0.29) is 23.7 Å². The predicted octanol–water partition coefficient (Wildman–Crippen LogP) is 0.683. The minimum Gasteiger partial charge on any atom is -0.481 e. The third-order valence-corrected chi connectivity index (χ3v) is 3.26. The van der Waals surface area contributed by atoms with Crippen LogP contribution < -0.4 is 5.73 Å². The molecule has 0 aromatic heterocycles. The van der Waals surface area contributed by atoms with Gasteiger partial charge in [0.1, 0.15) is 0 Å². The Bertz CT molecular complexity index is 309. The largest absolute Gasteiger partial charge is 0.481 e. The first-order valence-electron chi connectivity index (χ1n) is 5.98. The molecule has 2 atom stereocenters. The highest BCUT2D eigenvalue weighted by atomic mass is 16.4. The molecule has 3 N–H and O–H groups in total. The Hall–Kier alpha value is -1.10. The SMILES string of the molecule is CC(C)(C)[C@H](N)C(=O)N1CCC(CC(=O)O)C1. The van der Waals surface area contributed by atoms with Crippen molar-refractivity contribution in [1.82, 2.24) is 4.90 Å². The quantitative estimate of drug-likeness (QED) is 0.762. The smallest absolute Gasteiger partial charge is 0.303 e. The molecule has 5 heteroatoms. The lowest BCUT2D eigenvalue weighted by molar-refractivity contribution is -0.139. The van der Waals surface area contributed by atoms with Gasteiger partial charge in [-0.1, -0.05) is 20.8 Å². The molecule has 1 aliphatic rings. The zero-order chi connectivity index (χ0) is 13.2. The lowest BCUT2D eigenvalue weighted by Crippen LogP contribution is -2.49. The van der Waals surface area contributed by atoms with Gasteiger partial charge in [-0.2, -0.15) is 0 Å². The molecule has 0 aromatic carbocycles. The maximum absolute atomic E-state index is 12.1. The number of carboxylic acid groups (broad SMARTS) is 1. The molecule has 0 aromatic rings. The Morgan fingerprint density at radius 3 is 2.53 bits per heavy atom. The van der Waals surface area contributed by atoms with E-state index in [9.17, 15) is 9.59 Å². The van der Waals surface area contributed by atoms with Crippen molar-refractivity contribution >= 4 is 11.9 Å². The summed E-state index contributed by atoms with van der Waals surface area (Å²) in [6, 6.07) is -0.522. The average molecular weight is 242 g/mol. The van der Waals surface area contributed by atoms with Crippen molar-refractivity contribution in [2.75, 3.05) is 13.1 Å². The average Bonchev–Trinajstić information content (AvgIpc) is 2.61. The molecule has 5 nitrogen and oxygen atoms in total. The summed E-state index contributed by atoms with van der Waals surface area (Å²) in [6.07, 6.45) is 0.892. The molecule has 1 unspecified atom stereocenters. The third kappa shape index (κ3) is 3.70. The van der Waals surface area contributed by atoms with E-state index in [1.807, 2.05) is 20.8 Å². The lowest BCUT2D eigenvalue weighted by Gasteiger charge is -2.29. The van der Waals surface area contributed by atoms with Crippen LogP contribution in [0.3, 0.4) is 0 Å². The van der Waals surface area contributed by atoms with Crippen LogP contribution in [-0.4, -0.2) is 41.0 Å². The number of hydrogen-bond acceptors (Lipinski definition) is 3. The van der Waals surface area contributed by atoms with E-state index in [1.165, 1.54) is 0 Å². The van der Waals surface area contributed by atoms with E-state index in [0.717, 1.165) is 6.42 Å². The molecule has 1 amide bonds. The van der Waals surface area contributed by atoms with Gasteiger partial charge in [-0.3, -0.25) is 9.59 Å². The van der Waals surface area contributed by atoms with Gasteiger partial charge in [0.2, 0.25) is 5.91 Å². The van der Waals surface area contributed by atoms with Crippen LogP contribution in [-0.2, 0) is 9.59 Å². The van der Waals surface area contributed by atoms with Crippen LogP contribution >= 0.6 is 0 Å². The van der Waals surface area contributed by atoms with Crippen molar-refractivity contribution < 1.29 is 14.7 Å². The summed E-state index contributed by atoms with van der Waals surface area (Å²) in [4.78, 5) is 24.4. The highest BCUT2D eigenvalue weighted by Gasteiger charge is 2.35. The van der Waals surface area contributed by atoms with E-state index in [4.69, 9.17) is 10.8 Å². The minimum atomic E-state index is -0.801. The molecular weight excluding hydrogens is 220 g/mol. The van der Waals surface area contributed by atoms with Crippen molar-refractivity contribution in [3.05, 3.63) is 0 Å². The van der Waals surface area contributed by atoms with Gasteiger partial charge in [0.05, 0.1) is 6.04 Å². The van der Waals surface area contributed by atoms with Crippen LogP contribution in [0.2, 0.25) is 0 Å². The second-order valence-electron chi connectivity index (χ2n) is 5.88. The first-order chi connectivity index (χ1) is 7.71. The number of likely N-dealkylation sites (tertiary alicyclic amines) is 1. The summed E-state index contributed by atoms with van der Waals surface area (Å²) in [6.45, 7) is 6.94. The maximum atomic E-state index is 12.1. The number of aliphatic carboxylic acids is 1. The highest BCUT2D eigenvalue weighted by Crippen LogP contribution is 2.24. The van der Waals surface area contributed by atoms with Crippen molar-refractivity contribution in [3.8, 4) is 0 Å². The Labute approximate surface area is 102 Å². The van der Waals surface area contributed by atoms with Crippen molar-refractivity contribution in [2.45, 2.75) is 39.7 Å². The molecule has 1 saturated heterocycles. The Morgan fingerprint density at radius 1 is 1.47 bits per heavy atom. The molecule has 98 valence electrons. The second-order valence-corrected chi connectivity index (χ2v) is 5.88. The van der Waals surface area contributed by atoms with Crippen LogP contribution in [0.15, 0.2) is 0 Å². The summed E-state index contributed by atoms with van der Waals surface area (Å²) in [5, 5.41) is 8.71. The van der Waals surface area contributed by atoms with Crippen LogP contribution in [0.4, 0.5) is 0 Å². The zero-order valence-electron chi connectivity index (χ0n) is 10.8. The number of carboxylic acids is 1. The molecule has 1 aliphatic heterocycles. The van der Waals surface area contributed by atoms with Gasteiger partial charge in [-0.15, -0.1) is 0 Å². The molecule has 0 bridgehead atoms. The van der Waals surface area contributed by atoms with E-state index in [0.29, 0.717) is 13.1 Å². The molecule has 1 fully saturated rings. The monoisotopic (exact) mass is 242 g/mol. The predicted molar refractivity (Wildman–Crippen MR) is 64.4 cm³/mol. The van der Waals surface area contributed by atoms with E-state index in [1.54, 1.807) is 4.90 Å². The number of carbonyl (C=O) groups excluding carboxylic acids is 1. The summed E-state index contributed by atoms with van der Waals surface area (Å²) in [5.74, 6) is -0.793. The van der Waals surface area contributed by atoms with Gasteiger partial charge in [0, 0.05) is 19.5 Å². The van der Waals surface area contributed by atoms with Crippen LogP contribution in [0.25, 0.3) is 0 Å². The Balaban J connectivity index is 2.54. The number of hydrogen-bond donors (Lipinski definition) is 2. The molecule has 0 aliphatic carbocycles. The minimum absolute atomic E-state index is 0.0645. The van der Waals surface area contributed by atoms with Crippen LogP contribution in [0, 0.1) is 11.3 Å². The number of nitrogens with zero attached hydrogens (tertiary/aromatic N) is 1. The fourth-order valence-corrected chi connectivity index (χ4v) is 2.01. The zero-order valence-corrected chi connectivity index (χ0v) is 10.8. The van der Waals surface area contributed by atoms with Crippen LogP contribution in [0.1, 0.15) is 33.6 Å². The van der Waals surface area contributed by atoms with Crippen molar-refractivity contribution in [2.24, 2.45) is 17.1 Å². The third-order valence-electron chi connectivity index (χ3n) is 3.26. The fraction of sp³-hybridized carbons (Fsp3) is 0.833. The first kappa shape index (κ1) is 14.0. The van der Waals surface area contributed by atoms with Gasteiger partial charge in [0.15, 0.2) is 0 Å². The van der Waals surface area contributed by atoms with Gasteiger partial charge in [-0.25, -0.2) is 0 Å². The molecule has 0 spiro atoms. The molecule has 1 rings (SSSR count). The van der Waals surface area contributed by atoms with Gasteiger partial charge >= 0.3 is 5.97 Å². The highest BCUT2D eigenvalue weighted by molar-refractivity contribution is 5.82. The Morgan fingerprint density at radius 2 is 2.06 bits per heavy atom. The fourth-order valence-electron chi connectivity index (χ4n) is 2.01. The first-order valence-corrected chi connectivity index (χ1v) is 5.98. The van der Waals surface area contributed by atoms with Crippen LogP contribution in [0.5, 0.6) is 0 Å². The summed E-state index contributed by atoms with van der Waals surface area (Å²) >= 11 is 0. The van der Waals surface area contributed by atoms with E-state index < -0.39 is 12.0 Å². The Kier molecular flexibility index (Phi) is 4.14. The van der Waals surface area contributed by atoms with Crippen molar-refractivity contribution in [3.63, 3.8) is 0 Å². The van der Waals surface area contributed by atoms with Crippen molar-refractivity contribution in [1.29, 1.82) is 0 Å². The second kappa shape index (κ2) is 5.04. The number of nitrogens with two attached hydrogens (primary N) is 1. The van der Waals surface area contributed by atoms with Gasteiger partial charge in [0.25, 0.3) is 0 Å². The molecule has 0 saturated carbocycles. The molecular formula is C12H22N2O3. The van der Waals surface area contributed by atoms with Gasteiger partial charge in [-0.05, 0) is 17.8 Å². The topological polar surface area (TPSA) is 83.6 Å². The number of rotatable bonds is 3. The maximum Gasteiger partial charge on any atom is 0.303 e. The normalized spacial score (nSPS) is 22.6. The summed E-state index contributed by atoms with van der Waals surface area (Å²) in [7, 11) is 0. The molecule has 17 heavy (non-hydrogen) atoms. The standard InChI is InChI=1S/C12H22N2O3/c1-12(2,3)10(13)11(17)14-5-4-8(7-14)6-9(15)16/h8,10H,4-7,13H2,1-3H3,(H,15,16)/t8?,10-/m1/s1. The van der Waals surface area contributed by atoms with E-state index >= 15 is 0 Å². The number of amides is 1. The summed E-state index contributed by atoms with van der Waals surface area (Å²) in [5.41, 5.74) is 5.65. The lowest BCUT2D eigenvalue weighted by atomic mass is 9.86.